The summed E-state index contributed by atoms with van der Waals surface area (Å²) in [4.78, 5) is 49.5. The molecule has 1 saturated heterocycles. The summed E-state index contributed by atoms with van der Waals surface area (Å²) in [7, 11) is 0. The van der Waals surface area contributed by atoms with E-state index < -0.39 is 22.8 Å². The minimum absolute atomic E-state index is 0.00197. The van der Waals surface area contributed by atoms with Gasteiger partial charge in [-0.15, -0.1) is 0 Å². The largest absolute Gasteiger partial charge is 0.487 e. The molecule has 3 aromatic rings. The van der Waals surface area contributed by atoms with Gasteiger partial charge in [0.25, 0.3) is 17.5 Å². The number of nitrogens with one attached hydrogen (secondary N) is 1. The fraction of sp³-hybridized carbons (Fsp3) is 0.0800. The van der Waals surface area contributed by atoms with Crippen molar-refractivity contribution in [1.82, 2.24) is 5.32 Å². The lowest BCUT2D eigenvalue weighted by Gasteiger charge is -2.26. The van der Waals surface area contributed by atoms with Crippen LogP contribution >= 0.6 is 61.1 Å². The minimum atomic E-state index is -0.812. The van der Waals surface area contributed by atoms with Gasteiger partial charge in [0.1, 0.15) is 17.9 Å². The molecule has 0 radical (unpaired) electrons. The van der Waals surface area contributed by atoms with Gasteiger partial charge in [0, 0.05) is 16.6 Å². The summed E-state index contributed by atoms with van der Waals surface area (Å²) < 4.78 is 8.24. The highest BCUT2D eigenvalue weighted by Gasteiger charge is 2.37. The average Bonchev–Trinajstić information content (AvgIpc) is 2.83. The highest BCUT2D eigenvalue weighted by molar-refractivity contribution is 14.1. The van der Waals surface area contributed by atoms with Crippen molar-refractivity contribution < 1.29 is 24.0 Å². The molecule has 1 heterocycles. The minimum Gasteiger partial charge on any atom is -0.487 e. The van der Waals surface area contributed by atoms with Crippen LogP contribution in [0.4, 0.5) is 16.2 Å². The highest BCUT2D eigenvalue weighted by Crippen LogP contribution is 2.32. The number of benzene rings is 3. The van der Waals surface area contributed by atoms with Crippen LogP contribution in [0, 0.1) is 24.2 Å². The number of nitro benzene ring substituents is 1. The van der Waals surface area contributed by atoms with E-state index >= 15 is 0 Å². The van der Waals surface area contributed by atoms with Crippen LogP contribution < -0.4 is 15.0 Å². The number of rotatable bonds is 6. The van der Waals surface area contributed by atoms with Crippen molar-refractivity contribution in [2.75, 3.05) is 4.90 Å². The molecule has 0 bridgehead atoms. The van der Waals surface area contributed by atoms with E-state index in [0.29, 0.717) is 17.0 Å². The van der Waals surface area contributed by atoms with E-state index in [2.05, 4.69) is 66.4 Å². The summed E-state index contributed by atoms with van der Waals surface area (Å²) in [6, 6.07) is 13.8. The second-order valence-electron chi connectivity index (χ2n) is 7.92. The van der Waals surface area contributed by atoms with Gasteiger partial charge in [0.05, 0.1) is 17.8 Å². The van der Waals surface area contributed by atoms with E-state index in [1.54, 1.807) is 42.5 Å². The molecule has 0 aliphatic carbocycles. The molecule has 188 valence electrons. The Kier molecular flexibility index (Phi) is 8.28. The zero-order chi connectivity index (χ0) is 26.9. The predicted molar refractivity (Wildman–Crippen MR) is 157 cm³/mol. The second-order valence-corrected chi connectivity index (χ2v) is 11.1. The van der Waals surface area contributed by atoms with E-state index in [1.165, 1.54) is 18.2 Å². The van der Waals surface area contributed by atoms with Gasteiger partial charge in [-0.1, -0.05) is 15.9 Å². The van der Waals surface area contributed by atoms with Crippen LogP contribution in [0.5, 0.6) is 5.75 Å². The van der Waals surface area contributed by atoms with Gasteiger partial charge in [-0.3, -0.25) is 25.0 Å². The number of nitro groups is 1. The topological polar surface area (TPSA) is 119 Å². The molecule has 0 spiro atoms. The number of hydrogen-bond acceptors (Lipinski definition) is 6. The summed E-state index contributed by atoms with van der Waals surface area (Å²) in [6.07, 6.45) is 1.44. The third kappa shape index (κ3) is 6.01. The number of carbonyl (C=O) groups is 3. The molecule has 1 aliphatic heterocycles. The van der Waals surface area contributed by atoms with Crippen LogP contribution in [-0.4, -0.2) is 22.8 Å². The number of amides is 4. The summed E-state index contributed by atoms with van der Waals surface area (Å²) in [5.41, 5.74) is 2.35. The number of aryl methyl sites for hydroxylation is 1. The molecule has 0 unspecified atom stereocenters. The number of ether oxygens (including phenoxy) is 1. The number of anilines is 1. The van der Waals surface area contributed by atoms with Crippen molar-refractivity contribution in [3.63, 3.8) is 0 Å². The number of non-ortho nitro benzene ring substituents is 1. The van der Waals surface area contributed by atoms with Crippen molar-refractivity contribution in [2.45, 2.75) is 13.5 Å². The Morgan fingerprint density at radius 3 is 2.30 bits per heavy atom. The van der Waals surface area contributed by atoms with Gasteiger partial charge < -0.3 is 4.74 Å². The molecule has 37 heavy (non-hydrogen) atoms. The van der Waals surface area contributed by atoms with Crippen molar-refractivity contribution in [3.8, 4) is 5.75 Å². The Balaban J connectivity index is 1.58. The maximum absolute atomic E-state index is 13.2. The Morgan fingerprint density at radius 2 is 1.70 bits per heavy atom. The van der Waals surface area contributed by atoms with Crippen LogP contribution in [-0.2, 0) is 16.2 Å². The molecular weight excluding hydrogens is 772 g/mol. The molecule has 1 N–H and O–H groups in total. The number of imide groups is 2. The average molecular weight is 788 g/mol. The van der Waals surface area contributed by atoms with Gasteiger partial charge in [0.15, 0.2) is 0 Å². The van der Waals surface area contributed by atoms with Crippen LogP contribution in [0.2, 0.25) is 0 Å². The van der Waals surface area contributed by atoms with Crippen LogP contribution in [0.3, 0.4) is 0 Å². The molecule has 1 fully saturated rings. The fourth-order valence-corrected chi connectivity index (χ4v) is 5.87. The first-order valence-electron chi connectivity index (χ1n) is 10.6. The van der Waals surface area contributed by atoms with E-state index in [4.69, 9.17) is 4.74 Å². The number of nitrogens with zero attached hydrogens (tertiary/aromatic N) is 2. The quantitative estimate of drug-likeness (QED) is 0.106. The molecule has 4 amide bonds. The lowest BCUT2D eigenvalue weighted by atomic mass is 10.1. The Labute approximate surface area is 246 Å². The lowest BCUT2D eigenvalue weighted by Crippen LogP contribution is -2.54. The van der Waals surface area contributed by atoms with E-state index in [-0.39, 0.29) is 17.9 Å². The van der Waals surface area contributed by atoms with Gasteiger partial charge in [-0.25, -0.2) is 9.69 Å². The number of barbiturate groups is 1. The van der Waals surface area contributed by atoms with Gasteiger partial charge in [-0.2, -0.15) is 0 Å². The fourth-order valence-electron chi connectivity index (χ4n) is 3.50. The maximum atomic E-state index is 13.2. The van der Waals surface area contributed by atoms with Crippen molar-refractivity contribution in [3.05, 3.63) is 98.6 Å². The summed E-state index contributed by atoms with van der Waals surface area (Å²) in [5, 5.41) is 13.1. The highest BCUT2D eigenvalue weighted by atomic mass is 127. The maximum Gasteiger partial charge on any atom is 0.335 e. The van der Waals surface area contributed by atoms with Gasteiger partial charge in [0.2, 0.25) is 0 Å². The van der Waals surface area contributed by atoms with Crippen LogP contribution in [0.25, 0.3) is 6.08 Å². The summed E-state index contributed by atoms with van der Waals surface area (Å²) >= 11 is 7.58. The molecular formula is C25H16BrI2N3O6. The second kappa shape index (κ2) is 11.3. The number of hydrogen-bond donors (Lipinski definition) is 1. The zero-order valence-corrected chi connectivity index (χ0v) is 24.9. The van der Waals surface area contributed by atoms with Gasteiger partial charge in [-0.05, 0) is 117 Å². The number of carbonyl (C=O) groups excluding carboxylic acids is 3. The first-order valence-corrected chi connectivity index (χ1v) is 13.5. The van der Waals surface area contributed by atoms with Crippen molar-refractivity contribution in [1.29, 1.82) is 0 Å². The third-order valence-electron chi connectivity index (χ3n) is 5.36. The molecule has 0 aromatic heterocycles. The monoisotopic (exact) mass is 787 g/mol. The van der Waals surface area contributed by atoms with E-state index in [0.717, 1.165) is 27.6 Å². The lowest BCUT2D eigenvalue weighted by molar-refractivity contribution is -0.384. The Hall–Kier alpha value is -2.85. The van der Waals surface area contributed by atoms with Crippen molar-refractivity contribution >= 4 is 96.4 Å². The molecule has 0 saturated carbocycles. The van der Waals surface area contributed by atoms with Crippen molar-refractivity contribution in [2.24, 2.45) is 0 Å². The van der Waals surface area contributed by atoms with Crippen LogP contribution in [0.15, 0.2) is 64.6 Å². The van der Waals surface area contributed by atoms with Crippen LogP contribution in [0.1, 0.15) is 16.7 Å². The Bertz CT molecular complexity index is 1470. The normalized spacial score (nSPS) is 14.6. The Morgan fingerprint density at radius 1 is 1.05 bits per heavy atom. The molecule has 1 aliphatic rings. The van der Waals surface area contributed by atoms with E-state index in [9.17, 15) is 24.5 Å². The first kappa shape index (κ1) is 27.2. The zero-order valence-electron chi connectivity index (χ0n) is 19.0. The standard InChI is InChI=1S/C25H16BrI2N3O6/c1-13-8-17(6-7-19(13)26)30-24(33)18(23(32)29-25(30)34)9-15-10-20(27)22(21(28)11-15)37-12-14-2-4-16(5-3-14)31(35)36/h2-11H,12H2,1H3,(H,29,32,34)/b18-9+. The smallest absolute Gasteiger partial charge is 0.335 e. The number of halogens is 3. The molecule has 3 aromatic carbocycles. The first-order chi connectivity index (χ1) is 17.5. The predicted octanol–water partition coefficient (Wildman–Crippen LogP) is 6.12. The number of urea groups is 1. The summed E-state index contributed by atoms with van der Waals surface area (Å²) in [5.74, 6) is -0.897. The molecule has 0 atom stereocenters. The molecule has 9 nitrogen and oxygen atoms in total. The summed E-state index contributed by atoms with van der Waals surface area (Å²) in [6.45, 7) is 2.03. The molecule has 4 rings (SSSR count). The van der Waals surface area contributed by atoms with Gasteiger partial charge >= 0.3 is 6.03 Å². The van der Waals surface area contributed by atoms with E-state index in [1.807, 2.05) is 6.92 Å². The molecule has 12 heteroatoms. The SMILES string of the molecule is Cc1cc(N2C(=O)NC(=O)/C(=C\c3cc(I)c(OCc4ccc([N+](=O)[O-])cc4)c(I)c3)C2=O)ccc1Br. The third-order valence-corrected chi connectivity index (χ3v) is 7.86.